The van der Waals surface area contributed by atoms with Gasteiger partial charge in [0.15, 0.2) is 17.1 Å². The van der Waals surface area contributed by atoms with Gasteiger partial charge >= 0.3 is 0 Å². The van der Waals surface area contributed by atoms with Crippen LogP contribution >= 0.6 is 0 Å². The molecule has 0 saturated carbocycles. The molecule has 0 bridgehead atoms. The summed E-state index contributed by atoms with van der Waals surface area (Å²) in [5, 5.41) is 11.6. The lowest BCUT2D eigenvalue weighted by molar-refractivity contribution is 0.628. The van der Waals surface area contributed by atoms with Gasteiger partial charge in [-0.1, -0.05) is 43.9 Å². The van der Waals surface area contributed by atoms with E-state index in [4.69, 9.17) is 4.98 Å². The first-order valence-electron chi connectivity index (χ1n) is 11.8. The number of imidazole rings is 1. The maximum absolute atomic E-state index is 13.9. The molecule has 5 aromatic rings. The summed E-state index contributed by atoms with van der Waals surface area (Å²) in [6.45, 7) is 9.64. The van der Waals surface area contributed by atoms with E-state index in [1.807, 2.05) is 31.3 Å². The van der Waals surface area contributed by atoms with Crippen LogP contribution in [0, 0.1) is 5.82 Å². The number of hydrogen-bond donors (Lipinski definition) is 3. The Kier molecular flexibility index (Phi) is 6.51. The first kappa shape index (κ1) is 23.3. The molecule has 0 radical (unpaired) electrons. The van der Waals surface area contributed by atoms with Gasteiger partial charge in [-0.25, -0.2) is 19.3 Å². The lowest BCUT2D eigenvalue weighted by Gasteiger charge is -2.07. The van der Waals surface area contributed by atoms with Crippen molar-refractivity contribution < 1.29 is 4.39 Å². The molecule has 4 heterocycles. The van der Waals surface area contributed by atoms with E-state index >= 15 is 0 Å². The van der Waals surface area contributed by atoms with E-state index < -0.39 is 0 Å². The van der Waals surface area contributed by atoms with E-state index in [0.29, 0.717) is 22.8 Å². The average molecular weight is 480 g/mol. The highest BCUT2D eigenvalue weighted by molar-refractivity contribution is 5.96. The Morgan fingerprint density at radius 1 is 1.17 bits per heavy atom. The Morgan fingerprint density at radius 2 is 2.06 bits per heavy atom. The van der Waals surface area contributed by atoms with E-state index in [2.05, 4.69) is 62.2 Å². The van der Waals surface area contributed by atoms with Gasteiger partial charge in [-0.05, 0) is 54.4 Å². The number of pyridine rings is 2. The number of benzene rings is 1. The summed E-state index contributed by atoms with van der Waals surface area (Å²) in [4.78, 5) is 17.0. The molecule has 0 spiro atoms. The summed E-state index contributed by atoms with van der Waals surface area (Å²) in [6, 6.07) is 10.4. The molecule has 0 amide bonds. The molecule has 4 aromatic heterocycles. The predicted octanol–water partition coefficient (Wildman–Crippen LogP) is 5.83. The molecule has 0 saturated heterocycles. The van der Waals surface area contributed by atoms with Crippen LogP contribution in [0.15, 0.2) is 79.2 Å². The first-order valence-corrected chi connectivity index (χ1v) is 11.8. The third kappa shape index (κ3) is 4.46. The summed E-state index contributed by atoms with van der Waals surface area (Å²) in [6.07, 6.45) is 9.50. The molecule has 0 aliphatic rings. The van der Waals surface area contributed by atoms with E-state index in [9.17, 15) is 4.39 Å². The van der Waals surface area contributed by atoms with E-state index in [0.717, 1.165) is 51.8 Å². The number of nitrogens with zero attached hydrogens (tertiary/aromatic N) is 4. The number of nitrogens with one attached hydrogen (secondary N) is 3. The minimum Gasteiger partial charge on any atom is -0.335 e. The maximum Gasteiger partial charge on any atom is 0.181 e. The van der Waals surface area contributed by atoms with Gasteiger partial charge in [0.05, 0.1) is 10.9 Å². The summed E-state index contributed by atoms with van der Waals surface area (Å²) in [5.41, 5.74) is 7.20. The smallest absolute Gasteiger partial charge is 0.181 e. The summed E-state index contributed by atoms with van der Waals surface area (Å²) < 4.78 is 13.9. The summed E-state index contributed by atoms with van der Waals surface area (Å²) in [7, 11) is 0. The van der Waals surface area contributed by atoms with Gasteiger partial charge in [-0.2, -0.15) is 5.10 Å². The van der Waals surface area contributed by atoms with Gasteiger partial charge in [-0.3, -0.25) is 5.10 Å². The van der Waals surface area contributed by atoms with Crippen LogP contribution in [0.25, 0.3) is 50.4 Å². The highest BCUT2D eigenvalue weighted by Crippen LogP contribution is 2.31. The monoisotopic (exact) mass is 479 g/mol. The Hall–Kier alpha value is -4.43. The van der Waals surface area contributed by atoms with Crippen molar-refractivity contribution in [1.82, 2.24) is 35.5 Å². The number of aromatic amines is 2. The highest BCUT2D eigenvalue weighted by atomic mass is 19.1. The standard InChI is InChI=1S/C28H26FN7/c1-4-17(15-30-6-3)12-18(5-2)20-14-23-25(35-36-26(23)32-16-20)28-33-24-22(10-11-31-27(24)34-28)19-8-7-9-21(29)13-19/h4-5,7-14,16,30H,1,6,15H2,2-3H3,(H,31,33,34)(H,32,35,36)/b17-12+,18-5+. The minimum absolute atomic E-state index is 0.297. The van der Waals surface area contributed by atoms with Crippen molar-refractivity contribution in [3.05, 3.63) is 90.6 Å². The van der Waals surface area contributed by atoms with Gasteiger partial charge in [0.25, 0.3) is 0 Å². The molecule has 0 fully saturated rings. The van der Waals surface area contributed by atoms with Crippen LogP contribution in [0.3, 0.4) is 0 Å². The Bertz CT molecular complexity index is 1620. The third-order valence-electron chi connectivity index (χ3n) is 6.00. The number of halogens is 1. The van der Waals surface area contributed by atoms with Crippen molar-refractivity contribution in [1.29, 1.82) is 0 Å². The number of H-pyrrole nitrogens is 2. The van der Waals surface area contributed by atoms with Crippen molar-refractivity contribution in [2.45, 2.75) is 13.8 Å². The zero-order valence-corrected chi connectivity index (χ0v) is 20.1. The van der Waals surface area contributed by atoms with Crippen molar-refractivity contribution in [3.63, 3.8) is 0 Å². The molecule has 0 aliphatic heterocycles. The summed E-state index contributed by atoms with van der Waals surface area (Å²) in [5.74, 6) is 0.286. The quantitative estimate of drug-likeness (QED) is 0.244. The molecule has 8 heteroatoms. The van der Waals surface area contributed by atoms with Crippen LogP contribution in [-0.4, -0.2) is 43.2 Å². The Labute approximate surface area is 207 Å². The molecular weight excluding hydrogens is 453 g/mol. The second-order valence-corrected chi connectivity index (χ2v) is 8.29. The number of likely N-dealkylation sites (N-methyl/N-ethyl adjacent to an activating group) is 1. The molecule has 7 nitrogen and oxygen atoms in total. The fourth-order valence-corrected chi connectivity index (χ4v) is 4.15. The number of aromatic nitrogens is 6. The number of fused-ring (bicyclic) bond motifs is 2. The van der Waals surface area contributed by atoms with Crippen LogP contribution in [-0.2, 0) is 0 Å². The molecule has 5 rings (SSSR count). The van der Waals surface area contributed by atoms with Crippen molar-refractivity contribution >= 4 is 27.8 Å². The molecule has 180 valence electrons. The van der Waals surface area contributed by atoms with Gasteiger partial charge in [0.1, 0.15) is 11.5 Å². The number of hydrogen-bond acceptors (Lipinski definition) is 5. The van der Waals surface area contributed by atoms with Crippen molar-refractivity contribution in [2.24, 2.45) is 0 Å². The lowest BCUT2D eigenvalue weighted by atomic mass is 10.0. The van der Waals surface area contributed by atoms with Crippen LogP contribution in [0.4, 0.5) is 4.39 Å². The normalized spacial score (nSPS) is 12.5. The Balaban J connectivity index is 1.58. The van der Waals surface area contributed by atoms with Crippen LogP contribution in [0.2, 0.25) is 0 Å². The van der Waals surface area contributed by atoms with Gasteiger partial charge in [0.2, 0.25) is 0 Å². The van der Waals surface area contributed by atoms with Crippen LogP contribution in [0.1, 0.15) is 19.4 Å². The number of allylic oxidation sites excluding steroid dienone is 3. The zero-order chi connectivity index (χ0) is 25.1. The molecule has 0 aliphatic carbocycles. The maximum atomic E-state index is 13.9. The van der Waals surface area contributed by atoms with Crippen molar-refractivity contribution in [2.75, 3.05) is 13.1 Å². The van der Waals surface area contributed by atoms with Gasteiger partial charge in [-0.15, -0.1) is 0 Å². The molecule has 0 atom stereocenters. The third-order valence-corrected chi connectivity index (χ3v) is 6.00. The highest BCUT2D eigenvalue weighted by Gasteiger charge is 2.17. The van der Waals surface area contributed by atoms with E-state index in [1.54, 1.807) is 12.3 Å². The second kappa shape index (κ2) is 10.1. The topological polar surface area (TPSA) is 95.2 Å². The van der Waals surface area contributed by atoms with Gasteiger partial charge < -0.3 is 10.3 Å². The molecule has 0 unspecified atom stereocenters. The first-order chi connectivity index (χ1) is 17.6. The van der Waals surface area contributed by atoms with Crippen LogP contribution < -0.4 is 5.32 Å². The minimum atomic E-state index is -0.297. The number of rotatable bonds is 8. The molecule has 36 heavy (non-hydrogen) atoms. The lowest BCUT2D eigenvalue weighted by Crippen LogP contribution is -2.15. The molecular formula is C28H26FN7. The van der Waals surface area contributed by atoms with Crippen LogP contribution in [0.5, 0.6) is 0 Å². The zero-order valence-electron chi connectivity index (χ0n) is 20.1. The Morgan fingerprint density at radius 3 is 2.83 bits per heavy atom. The van der Waals surface area contributed by atoms with E-state index in [1.165, 1.54) is 12.1 Å². The molecule has 1 aromatic carbocycles. The second-order valence-electron chi connectivity index (χ2n) is 8.29. The largest absolute Gasteiger partial charge is 0.335 e. The molecule has 3 N–H and O–H groups in total. The SMILES string of the molecule is C=C/C(=C\C(=C/C)c1cnc2n[nH]c(-c3nc4nccc(-c5cccc(F)c5)c4[nH]3)c2c1)CNCC. The summed E-state index contributed by atoms with van der Waals surface area (Å²) >= 11 is 0. The van der Waals surface area contributed by atoms with Gasteiger partial charge in [0, 0.05) is 30.1 Å². The predicted molar refractivity (Wildman–Crippen MR) is 143 cm³/mol. The average Bonchev–Trinajstić information content (AvgIpc) is 3.52. The van der Waals surface area contributed by atoms with E-state index in [-0.39, 0.29) is 5.82 Å². The fraction of sp³-hybridized carbons (Fsp3) is 0.143. The van der Waals surface area contributed by atoms with Crippen molar-refractivity contribution in [3.8, 4) is 22.6 Å². The fourth-order valence-electron chi connectivity index (χ4n) is 4.15.